The number of hydrogen-bond acceptors (Lipinski definition) is 26. The van der Waals surface area contributed by atoms with E-state index in [-0.39, 0.29) is 75.7 Å². The average Bonchev–Trinajstić information content (AvgIpc) is 2.03. The van der Waals surface area contributed by atoms with E-state index in [1.54, 1.807) is 91.0 Å². The van der Waals surface area contributed by atoms with Crippen molar-refractivity contribution in [1.82, 2.24) is 50.7 Å². The number of aliphatic carboxylic acids is 1. The maximum absolute atomic E-state index is 12.1. The molecule has 0 radical (unpaired) electrons. The van der Waals surface area contributed by atoms with Crippen LogP contribution in [0.3, 0.4) is 0 Å². The number of aryl methyl sites for hydroxylation is 2. The highest BCUT2D eigenvalue weighted by molar-refractivity contribution is 9.09. The topological polar surface area (TPSA) is 498 Å². The van der Waals surface area contributed by atoms with E-state index in [2.05, 4.69) is 80.9 Å². The van der Waals surface area contributed by atoms with E-state index >= 15 is 0 Å². The van der Waals surface area contributed by atoms with E-state index in [9.17, 15) is 65.7 Å². The predicted molar refractivity (Wildman–Crippen MR) is 356 cm³/mol. The number of para-hydroxylation sites is 3. The van der Waals surface area contributed by atoms with E-state index in [1.165, 1.54) is 44.0 Å². The van der Waals surface area contributed by atoms with Crippen molar-refractivity contribution in [3.05, 3.63) is 113 Å². The lowest BCUT2D eigenvalue weighted by atomic mass is 10.2. The van der Waals surface area contributed by atoms with E-state index in [1.807, 2.05) is 10.8 Å². The lowest BCUT2D eigenvalue weighted by Gasteiger charge is -2.16. The van der Waals surface area contributed by atoms with E-state index in [0.717, 1.165) is 11.4 Å². The zero-order chi connectivity index (χ0) is 70.3. The Morgan fingerprint density at radius 1 is 0.505 bits per heavy atom. The third-order valence-corrected chi connectivity index (χ3v) is 15.9. The first kappa shape index (κ1) is 82.7. The average molecular weight is 1490 g/mol. The van der Waals surface area contributed by atoms with Gasteiger partial charge in [0.15, 0.2) is 10.3 Å². The van der Waals surface area contributed by atoms with Crippen molar-refractivity contribution in [1.29, 1.82) is 0 Å². The van der Waals surface area contributed by atoms with Gasteiger partial charge in [-0.25, -0.2) is 9.97 Å². The Kier molecular flexibility index (Phi) is 42.8. The molecular weight excluding hydrogens is 1410 g/mol. The quantitative estimate of drug-likeness (QED) is 0.0142. The molecule has 95 heavy (non-hydrogen) atoms. The monoisotopic (exact) mass is 1490 g/mol. The summed E-state index contributed by atoms with van der Waals surface area (Å²) in [5.74, 6) is -4.02. The van der Waals surface area contributed by atoms with Crippen LogP contribution in [0.1, 0.15) is 56.3 Å². The molecule has 0 bridgehead atoms. The number of alkyl halides is 1. The number of rotatable bonds is 39. The van der Waals surface area contributed by atoms with Crippen molar-refractivity contribution >= 4 is 142 Å². The van der Waals surface area contributed by atoms with Crippen LogP contribution in [0.4, 0.5) is 10.3 Å². The molecule has 5 amide bonds. The number of carboxylic acid groups (broad SMARTS) is 1. The Morgan fingerprint density at radius 2 is 0.874 bits per heavy atom. The molecule has 0 spiro atoms. The Hall–Kier alpha value is -8.41. The van der Waals surface area contributed by atoms with Gasteiger partial charge >= 0.3 is 23.9 Å². The highest BCUT2D eigenvalue weighted by Gasteiger charge is 2.26. The number of esters is 3. The van der Waals surface area contributed by atoms with Crippen LogP contribution in [0.25, 0.3) is 0 Å². The molecule has 6 unspecified atom stereocenters. The molecule has 33 nitrogen and oxygen atoms in total. The number of nitrogen functional groups attached to an aromatic ring is 2. The van der Waals surface area contributed by atoms with Gasteiger partial charge in [-0.2, -0.15) is 26.8 Å². The molecule has 0 aliphatic rings. The molecule has 5 aromatic rings. The number of aromatic nitrogens is 2. The maximum Gasteiger partial charge on any atom is 0.325 e. The molecule has 2 aromatic heterocycles. The zero-order valence-corrected chi connectivity index (χ0v) is 57.3. The smallest absolute Gasteiger partial charge is 0.325 e. The fraction of sp³-hybridized carbons (Fsp3) is 0.393. The number of methoxy groups -OCH3 is 3. The minimum absolute atomic E-state index is 0.118. The summed E-state index contributed by atoms with van der Waals surface area (Å²) in [5.41, 5.74) is 17.9. The SMILES string of the molecule is COC(=O)C(CNC(=O)CN)NS(=O)Oc1ccccc1.COC(=O)C(CNC(=O)CNC(=O)CCCc1csc(N)n1)NS(=O)Oc1ccccc1.COC(=O)CCCC(=O)CBr.Nc1nc(CCCC(=O)NCC(=O)NCC(NS(=O)Oc2ccccc2)C(=O)O)cs1. The highest BCUT2D eigenvalue weighted by Crippen LogP contribution is 2.15. The van der Waals surface area contributed by atoms with E-state index in [4.69, 9.17) is 29.8 Å². The van der Waals surface area contributed by atoms with E-state index < -0.39 is 87.6 Å². The second-order valence-corrected chi connectivity index (χ2v) is 23.6. The molecule has 15 N–H and O–H groups in total. The van der Waals surface area contributed by atoms with Crippen LogP contribution in [0.2, 0.25) is 0 Å². The first-order chi connectivity index (χ1) is 45.5. The van der Waals surface area contributed by atoms with Crippen LogP contribution in [-0.4, -0.2) is 171 Å². The lowest BCUT2D eigenvalue weighted by Crippen LogP contribution is -2.49. The Labute approximate surface area is 571 Å². The van der Waals surface area contributed by atoms with Gasteiger partial charge < -0.3 is 75.7 Å². The number of Topliss-reactive ketones (excluding diaryl/α,β-unsaturated/α-hetero) is 1. The van der Waals surface area contributed by atoms with Crippen molar-refractivity contribution in [2.24, 2.45) is 5.73 Å². The lowest BCUT2D eigenvalue weighted by molar-refractivity contribution is -0.143. The summed E-state index contributed by atoms with van der Waals surface area (Å²) in [4.78, 5) is 123. The molecule has 0 aliphatic carbocycles. The van der Waals surface area contributed by atoms with Gasteiger partial charge in [0.2, 0.25) is 29.5 Å². The van der Waals surface area contributed by atoms with Crippen LogP contribution >= 0.6 is 38.6 Å². The summed E-state index contributed by atoms with van der Waals surface area (Å²) < 4.78 is 71.9. The van der Waals surface area contributed by atoms with Crippen LogP contribution in [0.5, 0.6) is 17.2 Å². The third kappa shape index (κ3) is 39.8. The molecule has 0 aliphatic heterocycles. The molecule has 0 saturated heterocycles. The zero-order valence-electron chi connectivity index (χ0n) is 51.6. The molecule has 3 aromatic carbocycles. The predicted octanol–water partition coefficient (Wildman–Crippen LogP) is 0.194. The second kappa shape index (κ2) is 49.2. The molecular formula is C56H76BrN13O20S5. The summed E-state index contributed by atoms with van der Waals surface area (Å²) >= 11 is -0.450. The summed E-state index contributed by atoms with van der Waals surface area (Å²) in [6, 6.07) is 21.5. The van der Waals surface area contributed by atoms with Crippen LogP contribution < -0.4 is 70.5 Å². The largest absolute Gasteiger partial charge is 0.480 e. The highest BCUT2D eigenvalue weighted by atomic mass is 79.9. The second-order valence-electron chi connectivity index (χ2n) is 18.6. The molecule has 522 valence electrons. The number of anilines is 2. The normalized spacial score (nSPS) is 12.2. The molecule has 6 atom stereocenters. The van der Waals surface area contributed by atoms with Crippen molar-refractivity contribution in [2.75, 3.05) is 77.4 Å². The van der Waals surface area contributed by atoms with Gasteiger partial charge in [0.1, 0.15) is 41.2 Å². The number of nitrogens with two attached hydrogens (primary N) is 3. The van der Waals surface area contributed by atoms with Gasteiger partial charge in [-0.3, -0.25) is 47.9 Å². The fourth-order valence-corrected chi connectivity index (χ4v) is 10.4. The van der Waals surface area contributed by atoms with Crippen LogP contribution in [0.15, 0.2) is 102 Å². The number of ketones is 1. The van der Waals surface area contributed by atoms with Gasteiger partial charge in [0, 0.05) is 56.1 Å². The molecule has 0 saturated carbocycles. The molecule has 39 heteroatoms. The number of carboxylic acids is 1. The van der Waals surface area contributed by atoms with Crippen molar-refractivity contribution < 1.29 is 92.4 Å². The maximum atomic E-state index is 12.1. The minimum Gasteiger partial charge on any atom is -0.480 e. The summed E-state index contributed by atoms with van der Waals surface area (Å²) in [5, 5.41) is 26.4. The van der Waals surface area contributed by atoms with Crippen molar-refractivity contribution in [2.45, 2.75) is 75.9 Å². The first-order valence-corrected chi connectivity index (χ1v) is 34.3. The van der Waals surface area contributed by atoms with Crippen LogP contribution in [-0.2, 0) is 109 Å². The number of halogens is 1. The number of nitrogens with one attached hydrogen (secondary N) is 8. The Balaban J connectivity index is 0.000000457. The summed E-state index contributed by atoms with van der Waals surface area (Å²) in [6.45, 7) is -1.46. The van der Waals surface area contributed by atoms with Crippen molar-refractivity contribution in [3.63, 3.8) is 0 Å². The van der Waals surface area contributed by atoms with Crippen molar-refractivity contribution in [3.8, 4) is 17.2 Å². The number of benzene rings is 3. The van der Waals surface area contributed by atoms with Crippen LogP contribution in [0, 0.1) is 0 Å². The van der Waals surface area contributed by atoms with E-state index in [0.29, 0.717) is 77.8 Å². The van der Waals surface area contributed by atoms with Gasteiger partial charge in [-0.05, 0) is 68.5 Å². The number of nitrogens with zero attached hydrogens (tertiary/aromatic N) is 2. The Bertz CT molecular complexity index is 3240. The third-order valence-electron chi connectivity index (χ3n) is 11.3. The number of ether oxygens (including phenoxy) is 3. The number of carbonyl (C=O) groups excluding carboxylic acids is 9. The first-order valence-electron chi connectivity index (χ1n) is 28.2. The molecule has 5 rings (SSSR count). The molecule has 0 fully saturated rings. The Morgan fingerprint density at radius 3 is 1.20 bits per heavy atom. The fourth-order valence-electron chi connectivity index (χ4n) is 6.63. The van der Waals surface area contributed by atoms with Gasteiger partial charge in [0.05, 0.1) is 57.7 Å². The number of thiazole rings is 2. The summed E-state index contributed by atoms with van der Waals surface area (Å²) in [6.07, 6.45) is 4.12. The molecule has 2 heterocycles. The van der Waals surface area contributed by atoms with Gasteiger partial charge in [-0.15, -0.1) is 22.7 Å². The minimum atomic E-state index is -2.13. The number of hydrogen-bond donors (Lipinski definition) is 12. The number of amides is 5. The summed E-state index contributed by atoms with van der Waals surface area (Å²) in [7, 11) is 3.69. The van der Waals surface area contributed by atoms with Gasteiger partial charge in [-0.1, -0.05) is 70.5 Å². The standard InChI is InChI=1S/C19H25N5O6S2.C18H23N5O6S2.C12H17N3O5S.C7H11BrO3/c1-29-18(27)15(24-32(28)30-14-7-3-2-4-8-14)10-21-17(26)11-22-16(25)9-5-6-13-12-31-19(20)23-13;19-18-22-12(11-30-18)5-4-8-15(24)21-10-16(25)20-9-14(17(26)27)23-31(28)29-13-6-2-1-3-7-13;1-19-12(17)10(8-14-11(16)7-13)15-21(18)20-9-5-3-2-4-6-9;1-11-7(10)4-2-3-6(9)5-8/h2-4,7-8,12,15,24H,5-6,9-11H2,1H3,(H2,20,23)(H,21,26)(H,22,25);1-3,6-7,11,14,23H,4-5,8-10H2,(H2,19,22)(H,20,25)(H,21,24)(H,26,27);2-6,10,15H,7-8,13H2,1H3,(H,14,16);2-5H2,1H3. The number of carbonyl (C=O) groups is 10. The van der Waals surface area contributed by atoms with Gasteiger partial charge in [0.25, 0.3) is 33.8 Å².